The fourth-order valence-corrected chi connectivity index (χ4v) is 4.69. The van der Waals surface area contributed by atoms with Crippen LogP contribution < -0.4 is 10.9 Å². The van der Waals surface area contributed by atoms with E-state index in [0.717, 1.165) is 48.3 Å². The molecule has 1 aliphatic rings. The molecule has 0 amide bonds. The number of aryl methyl sites for hydroxylation is 3. The van der Waals surface area contributed by atoms with Crippen molar-refractivity contribution in [3.63, 3.8) is 0 Å². The summed E-state index contributed by atoms with van der Waals surface area (Å²) in [6, 6.07) is 7.49. The van der Waals surface area contributed by atoms with Crippen LogP contribution in [0.5, 0.6) is 0 Å². The van der Waals surface area contributed by atoms with Gasteiger partial charge in [-0.1, -0.05) is 23.7 Å². The molecule has 1 unspecified atom stereocenters. The van der Waals surface area contributed by atoms with Crippen LogP contribution >= 0.6 is 11.6 Å². The van der Waals surface area contributed by atoms with E-state index in [2.05, 4.69) is 25.3 Å². The first-order valence-electron chi connectivity index (χ1n) is 11.2. The van der Waals surface area contributed by atoms with Crippen molar-refractivity contribution in [1.82, 2.24) is 29.8 Å². The van der Waals surface area contributed by atoms with E-state index >= 15 is 0 Å². The van der Waals surface area contributed by atoms with Crippen molar-refractivity contribution in [1.29, 1.82) is 0 Å². The second-order valence-corrected chi connectivity index (χ2v) is 9.01. The van der Waals surface area contributed by atoms with E-state index in [1.165, 1.54) is 0 Å². The van der Waals surface area contributed by atoms with Gasteiger partial charge in [0.25, 0.3) is 5.56 Å². The molecule has 168 valence electrons. The molecular weight excluding hydrogens is 436 g/mol. The van der Waals surface area contributed by atoms with Gasteiger partial charge in [0.2, 0.25) is 0 Å². The maximum atomic E-state index is 13.7. The van der Waals surface area contributed by atoms with Gasteiger partial charge in [0.1, 0.15) is 11.5 Å². The zero-order valence-corrected chi connectivity index (χ0v) is 19.4. The van der Waals surface area contributed by atoms with E-state index in [9.17, 15) is 4.79 Å². The minimum absolute atomic E-state index is 0.0865. The summed E-state index contributed by atoms with van der Waals surface area (Å²) in [6.07, 6.45) is 7.25. The van der Waals surface area contributed by atoms with E-state index in [4.69, 9.17) is 11.6 Å². The van der Waals surface area contributed by atoms with E-state index in [1.807, 2.05) is 38.1 Å². The molecule has 0 aliphatic carbocycles. The molecule has 7 nitrogen and oxygen atoms in total. The Morgan fingerprint density at radius 1 is 1.12 bits per heavy atom. The van der Waals surface area contributed by atoms with Crippen LogP contribution in [0.1, 0.15) is 24.4 Å². The highest BCUT2D eigenvalue weighted by Gasteiger charge is 2.19. The lowest BCUT2D eigenvalue weighted by atomic mass is 10.0. The number of benzene rings is 1. The molecule has 1 aliphatic heterocycles. The number of fused-ring (bicyclic) bond motifs is 1. The van der Waals surface area contributed by atoms with E-state index in [-0.39, 0.29) is 5.56 Å². The molecule has 3 aromatic heterocycles. The quantitative estimate of drug-likeness (QED) is 0.480. The molecule has 33 heavy (non-hydrogen) atoms. The van der Waals surface area contributed by atoms with Crippen molar-refractivity contribution < 1.29 is 0 Å². The number of halogens is 1. The summed E-state index contributed by atoms with van der Waals surface area (Å²) in [5, 5.41) is 4.71. The number of hydrogen-bond acceptors (Lipinski definition) is 6. The van der Waals surface area contributed by atoms with Gasteiger partial charge in [-0.3, -0.25) is 14.3 Å². The number of rotatable bonds is 5. The maximum Gasteiger partial charge on any atom is 0.260 e. The molecule has 5 rings (SSSR count). The first kappa shape index (κ1) is 21.7. The highest BCUT2D eigenvalue weighted by atomic mass is 35.5. The number of pyridine rings is 1. The average molecular weight is 461 g/mol. The van der Waals surface area contributed by atoms with Gasteiger partial charge in [-0.05, 0) is 57.8 Å². The summed E-state index contributed by atoms with van der Waals surface area (Å²) in [4.78, 5) is 31.3. The molecule has 1 atom stereocenters. The Hall–Kier alpha value is -3.16. The topological polar surface area (TPSA) is 85.6 Å². The fraction of sp³-hybridized carbons (Fsp3) is 0.320. The maximum absolute atomic E-state index is 13.7. The Balaban J connectivity index is 1.59. The summed E-state index contributed by atoms with van der Waals surface area (Å²) < 4.78 is 1.79. The molecule has 4 heterocycles. The number of nitrogens with one attached hydrogen (secondary N) is 1. The second kappa shape index (κ2) is 9.00. The van der Waals surface area contributed by atoms with E-state index < -0.39 is 0 Å². The summed E-state index contributed by atoms with van der Waals surface area (Å²) >= 11 is 6.70. The van der Waals surface area contributed by atoms with Gasteiger partial charge in [0, 0.05) is 46.0 Å². The number of hydrogen-bond donors (Lipinski definition) is 1. The number of nitrogens with zero attached hydrogens (tertiary/aromatic N) is 5. The molecule has 1 fully saturated rings. The van der Waals surface area contributed by atoms with Gasteiger partial charge >= 0.3 is 0 Å². The average Bonchev–Trinajstić information content (AvgIpc) is 3.32. The molecule has 4 aromatic rings. The molecular formula is C25H25ClN6O. The first-order valence-corrected chi connectivity index (χ1v) is 11.5. The van der Waals surface area contributed by atoms with Gasteiger partial charge < -0.3 is 5.32 Å². The van der Waals surface area contributed by atoms with Crippen LogP contribution in [0.3, 0.4) is 0 Å². The summed E-state index contributed by atoms with van der Waals surface area (Å²) in [6.45, 7) is 6.38. The lowest BCUT2D eigenvalue weighted by molar-refractivity contribution is 0.479. The first-order chi connectivity index (χ1) is 16.0. The van der Waals surface area contributed by atoms with Crippen molar-refractivity contribution >= 4 is 22.6 Å². The third-order valence-electron chi connectivity index (χ3n) is 6.18. The lowest BCUT2D eigenvalue weighted by Gasteiger charge is -2.15. The molecule has 1 saturated heterocycles. The highest BCUT2D eigenvalue weighted by molar-refractivity contribution is 6.33. The summed E-state index contributed by atoms with van der Waals surface area (Å²) in [5.41, 5.74) is 4.25. The predicted molar refractivity (Wildman–Crippen MR) is 130 cm³/mol. The smallest absolute Gasteiger partial charge is 0.260 e. The Labute approximate surface area is 196 Å². The van der Waals surface area contributed by atoms with Crippen molar-refractivity contribution in [3.05, 3.63) is 69.8 Å². The largest absolute Gasteiger partial charge is 0.316 e. The third kappa shape index (κ3) is 4.38. The van der Waals surface area contributed by atoms with Crippen molar-refractivity contribution in [2.45, 2.75) is 33.2 Å². The Morgan fingerprint density at radius 2 is 2.00 bits per heavy atom. The van der Waals surface area contributed by atoms with Crippen molar-refractivity contribution in [3.8, 4) is 22.4 Å². The third-order valence-corrected chi connectivity index (χ3v) is 6.49. The van der Waals surface area contributed by atoms with Crippen LogP contribution in [0.4, 0.5) is 0 Å². The van der Waals surface area contributed by atoms with Crippen LogP contribution in [0.15, 0.2) is 47.7 Å². The monoisotopic (exact) mass is 460 g/mol. The zero-order chi connectivity index (χ0) is 22.9. The van der Waals surface area contributed by atoms with Crippen LogP contribution in [0, 0.1) is 19.8 Å². The number of aromatic nitrogens is 5. The minimum atomic E-state index is -0.0865. The van der Waals surface area contributed by atoms with Gasteiger partial charge in [-0.15, -0.1) is 0 Å². The standard InChI is InChI=1S/C25H25ClN6O/c1-15-11-28-14-23(30-15)18-3-4-20(22(26)10-18)21-9-19-13-29-16(2)31-24(19)32(25(21)33)8-6-17-5-7-27-12-17/h3-4,9-11,13-14,17,27H,5-8,12H2,1-2H3. The van der Waals surface area contributed by atoms with Crippen molar-refractivity contribution in [2.75, 3.05) is 13.1 Å². The molecule has 1 N–H and O–H groups in total. The van der Waals surface area contributed by atoms with Gasteiger partial charge in [-0.25, -0.2) is 15.0 Å². The van der Waals surface area contributed by atoms with Crippen molar-refractivity contribution in [2.24, 2.45) is 5.92 Å². The van der Waals surface area contributed by atoms with Crippen LogP contribution in [0.2, 0.25) is 5.02 Å². The molecule has 8 heteroatoms. The minimum Gasteiger partial charge on any atom is -0.316 e. The highest BCUT2D eigenvalue weighted by Crippen LogP contribution is 2.31. The Kier molecular flexibility index (Phi) is 5.91. The van der Waals surface area contributed by atoms with Gasteiger partial charge in [0.15, 0.2) is 0 Å². The molecule has 0 spiro atoms. The molecule has 0 radical (unpaired) electrons. The Bertz CT molecular complexity index is 1390. The molecule has 0 bridgehead atoms. The SMILES string of the molecule is Cc1cncc(-c2ccc(-c3cc4cnc(C)nc4n(CCC4CCNC4)c3=O)c(Cl)c2)n1. The summed E-state index contributed by atoms with van der Waals surface area (Å²) in [5.74, 6) is 1.21. The fourth-order valence-electron chi connectivity index (χ4n) is 4.41. The van der Waals surface area contributed by atoms with Gasteiger partial charge in [0.05, 0.1) is 17.6 Å². The summed E-state index contributed by atoms with van der Waals surface area (Å²) in [7, 11) is 0. The normalized spacial score (nSPS) is 15.9. The Morgan fingerprint density at radius 3 is 2.76 bits per heavy atom. The molecule has 0 saturated carbocycles. The second-order valence-electron chi connectivity index (χ2n) is 8.60. The van der Waals surface area contributed by atoms with E-state index in [1.54, 1.807) is 23.2 Å². The molecule has 1 aromatic carbocycles. The van der Waals surface area contributed by atoms with Crippen LogP contribution in [0.25, 0.3) is 33.4 Å². The van der Waals surface area contributed by atoms with Gasteiger partial charge in [-0.2, -0.15) is 0 Å². The van der Waals surface area contributed by atoms with Crippen LogP contribution in [-0.4, -0.2) is 37.6 Å². The van der Waals surface area contributed by atoms with E-state index in [0.29, 0.717) is 40.1 Å². The van der Waals surface area contributed by atoms with Crippen LogP contribution in [-0.2, 0) is 6.54 Å². The lowest BCUT2D eigenvalue weighted by Crippen LogP contribution is -2.25. The predicted octanol–water partition coefficient (Wildman–Crippen LogP) is 4.19. The zero-order valence-electron chi connectivity index (χ0n) is 18.7.